The zero-order chi connectivity index (χ0) is 34.0. The van der Waals surface area contributed by atoms with E-state index in [-0.39, 0.29) is 36.6 Å². The van der Waals surface area contributed by atoms with Crippen molar-refractivity contribution < 1.29 is 23.9 Å². The minimum Gasteiger partial charge on any atom is -0.496 e. The van der Waals surface area contributed by atoms with E-state index in [9.17, 15) is 19.2 Å². The summed E-state index contributed by atoms with van der Waals surface area (Å²) in [5, 5.41) is 7.67. The van der Waals surface area contributed by atoms with Crippen LogP contribution >= 0.6 is 15.9 Å². The number of nitrogens with one attached hydrogen (secondary N) is 2. The number of amides is 3. The van der Waals surface area contributed by atoms with Crippen LogP contribution in [0.3, 0.4) is 0 Å². The molecule has 2 N–H and O–H groups in total. The Bertz CT molecular complexity index is 1850. The van der Waals surface area contributed by atoms with Gasteiger partial charge >= 0.3 is 0 Å². The zero-order valence-corrected chi connectivity index (χ0v) is 29.0. The van der Waals surface area contributed by atoms with Crippen molar-refractivity contribution in [1.29, 1.82) is 0 Å². The minimum atomic E-state index is -1.06. The number of halogens is 1. The average Bonchev–Trinajstić information content (AvgIpc) is 3.17. The van der Waals surface area contributed by atoms with Gasteiger partial charge in [-0.25, -0.2) is 0 Å². The van der Waals surface area contributed by atoms with Gasteiger partial charge in [-0.3, -0.25) is 19.2 Å². The van der Waals surface area contributed by atoms with Crippen LogP contribution in [0.5, 0.6) is 5.75 Å². The number of hydrogen-bond donors (Lipinski definition) is 2. The van der Waals surface area contributed by atoms with E-state index >= 15 is 0 Å². The molecule has 1 aliphatic rings. The second-order valence-electron chi connectivity index (χ2n) is 12.7. The van der Waals surface area contributed by atoms with Gasteiger partial charge < -0.3 is 25.2 Å². The summed E-state index contributed by atoms with van der Waals surface area (Å²) < 4.78 is 6.69. The topological polar surface area (TPSA) is 108 Å². The lowest BCUT2D eigenvalue weighted by Crippen LogP contribution is -2.55. The molecule has 10 heteroatoms. The van der Waals surface area contributed by atoms with E-state index in [1.165, 1.54) is 4.90 Å². The van der Waals surface area contributed by atoms with Gasteiger partial charge in [-0.1, -0.05) is 73.1 Å². The number of nitrogens with zero attached hydrogens (tertiary/aromatic N) is 2. The number of hydrogen-bond acceptors (Lipinski definition) is 6. The maximum atomic E-state index is 14.5. The highest BCUT2D eigenvalue weighted by molar-refractivity contribution is 9.10. The molecule has 4 aromatic rings. The zero-order valence-electron chi connectivity index (χ0n) is 27.4. The van der Waals surface area contributed by atoms with E-state index in [2.05, 4.69) is 26.6 Å². The highest BCUT2D eigenvalue weighted by atomic mass is 79.9. The lowest BCUT2D eigenvalue weighted by atomic mass is 9.86. The van der Waals surface area contributed by atoms with E-state index in [4.69, 9.17) is 4.74 Å². The number of ketones is 1. The van der Waals surface area contributed by atoms with E-state index in [1.807, 2.05) is 63.2 Å². The van der Waals surface area contributed by atoms with Crippen LogP contribution in [-0.4, -0.2) is 56.3 Å². The molecule has 4 aromatic carbocycles. The largest absolute Gasteiger partial charge is 0.496 e. The smallest absolute Gasteiger partial charge is 0.258 e. The molecule has 5 rings (SSSR count). The van der Waals surface area contributed by atoms with E-state index < -0.39 is 17.5 Å². The van der Waals surface area contributed by atoms with Crippen LogP contribution in [0.1, 0.15) is 54.0 Å². The Labute approximate surface area is 283 Å². The molecule has 0 saturated heterocycles. The molecule has 0 aromatic heterocycles. The fraction of sp³-hybridized carbons (Fsp3) is 0.297. The van der Waals surface area contributed by atoms with Gasteiger partial charge in [0.15, 0.2) is 5.78 Å². The number of benzene rings is 4. The van der Waals surface area contributed by atoms with Gasteiger partial charge in [-0.05, 0) is 67.2 Å². The summed E-state index contributed by atoms with van der Waals surface area (Å²) in [7, 11) is 3.25. The monoisotopic (exact) mass is 698 g/mol. The Balaban J connectivity index is 1.62. The predicted octanol–water partition coefficient (Wildman–Crippen LogP) is 6.13. The van der Waals surface area contributed by atoms with Gasteiger partial charge in [0, 0.05) is 26.6 Å². The molecule has 0 spiro atoms. The average molecular weight is 700 g/mol. The highest BCUT2D eigenvalue weighted by Crippen LogP contribution is 2.38. The van der Waals surface area contributed by atoms with Crippen LogP contribution in [0.25, 0.3) is 10.8 Å². The standard InChI is InChI=1S/C37H39BrN4O5/c1-22(39-5)34(44)40-29-21-42(35(45)24-13-11-23(12-14-24)33(43)37(2,3)4)31-10-8-7-9-30(31)41(36(29)46)20-28-27-17-16-26(38)19-25(27)15-18-32(28)47-6/h7-19,22,29,39H,20-21H2,1-6H3,(H,40,44). The number of carbonyl (C=O) groups excluding carboxylic acids is 4. The third-order valence-corrected chi connectivity index (χ3v) is 8.94. The summed E-state index contributed by atoms with van der Waals surface area (Å²) >= 11 is 3.54. The fourth-order valence-electron chi connectivity index (χ4n) is 5.69. The van der Waals surface area contributed by atoms with Crippen LogP contribution in [0.4, 0.5) is 11.4 Å². The van der Waals surface area contributed by atoms with Crippen molar-refractivity contribution in [3.8, 4) is 5.75 Å². The van der Waals surface area contributed by atoms with Crippen molar-refractivity contribution >= 4 is 61.6 Å². The van der Waals surface area contributed by atoms with Gasteiger partial charge in [0.1, 0.15) is 11.8 Å². The van der Waals surface area contributed by atoms with Crippen LogP contribution < -0.4 is 25.2 Å². The molecular weight excluding hydrogens is 660 g/mol. The summed E-state index contributed by atoms with van der Waals surface area (Å²) in [4.78, 5) is 58.0. The second-order valence-corrected chi connectivity index (χ2v) is 13.6. The molecule has 2 atom stereocenters. The van der Waals surface area contributed by atoms with Crippen LogP contribution in [0.15, 0.2) is 83.3 Å². The first-order valence-electron chi connectivity index (χ1n) is 15.4. The molecule has 2 unspecified atom stereocenters. The number of para-hydroxylation sites is 2. The fourth-order valence-corrected chi connectivity index (χ4v) is 6.07. The Kier molecular flexibility index (Phi) is 9.84. The number of carbonyl (C=O) groups is 4. The quantitative estimate of drug-likeness (QED) is 0.215. The van der Waals surface area contributed by atoms with Gasteiger partial charge in [-0.15, -0.1) is 0 Å². The minimum absolute atomic E-state index is 0.0319. The lowest BCUT2D eigenvalue weighted by Gasteiger charge is -2.27. The molecule has 0 saturated carbocycles. The predicted molar refractivity (Wildman–Crippen MR) is 188 cm³/mol. The normalized spacial score (nSPS) is 15.6. The SMILES string of the molecule is CNC(C)C(=O)NC1CN(C(=O)c2ccc(C(=O)C(C)(C)C)cc2)c2ccccc2N(Cc2c(OC)ccc3cc(Br)ccc23)C1=O. The number of Topliss-reactive ketones (excluding diaryl/α,β-unsaturated/α-hetero) is 1. The van der Waals surface area contributed by atoms with E-state index in [0.29, 0.717) is 28.3 Å². The third kappa shape index (κ3) is 6.94. The van der Waals surface area contributed by atoms with E-state index in [1.54, 1.807) is 62.4 Å². The van der Waals surface area contributed by atoms with Gasteiger partial charge in [0.2, 0.25) is 5.91 Å². The van der Waals surface area contributed by atoms with Gasteiger partial charge in [-0.2, -0.15) is 0 Å². The summed E-state index contributed by atoms with van der Waals surface area (Å²) in [6, 6.07) is 21.9. The molecule has 0 aliphatic carbocycles. The molecule has 1 aliphatic heterocycles. The number of fused-ring (bicyclic) bond motifs is 2. The molecular formula is C37H39BrN4O5. The Hall–Kier alpha value is -4.54. The van der Waals surface area contributed by atoms with Crippen LogP contribution in [0, 0.1) is 5.41 Å². The van der Waals surface area contributed by atoms with E-state index in [0.717, 1.165) is 20.8 Å². The van der Waals surface area contributed by atoms with Crippen molar-refractivity contribution in [1.82, 2.24) is 10.6 Å². The van der Waals surface area contributed by atoms with Crippen molar-refractivity contribution in [2.75, 3.05) is 30.5 Å². The number of ether oxygens (including phenoxy) is 1. The number of rotatable bonds is 8. The molecule has 0 bridgehead atoms. The Morgan fingerprint density at radius 1 is 0.957 bits per heavy atom. The van der Waals surface area contributed by atoms with Crippen molar-refractivity contribution in [3.63, 3.8) is 0 Å². The molecule has 0 fully saturated rings. The maximum Gasteiger partial charge on any atom is 0.258 e. The summed E-state index contributed by atoms with van der Waals surface area (Å²) in [6.07, 6.45) is 0. The number of likely N-dealkylation sites (N-methyl/N-ethyl adjacent to an activating group) is 1. The third-order valence-electron chi connectivity index (χ3n) is 8.44. The molecule has 0 radical (unpaired) electrons. The number of anilines is 2. The van der Waals surface area contributed by atoms with Crippen molar-refractivity contribution in [2.45, 2.75) is 46.3 Å². The Morgan fingerprint density at radius 2 is 1.62 bits per heavy atom. The van der Waals surface area contributed by atoms with Crippen LogP contribution in [0.2, 0.25) is 0 Å². The molecule has 3 amide bonds. The molecule has 244 valence electrons. The van der Waals surface area contributed by atoms with Gasteiger partial charge in [0.25, 0.3) is 11.8 Å². The highest BCUT2D eigenvalue weighted by Gasteiger charge is 2.38. The first kappa shape index (κ1) is 33.8. The summed E-state index contributed by atoms with van der Waals surface area (Å²) in [5.74, 6) is -0.532. The summed E-state index contributed by atoms with van der Waals surface area (Å²) in [6.45, 7) is 7.27. The molecule has 9 nitrogen and oxygen atoms in total. The lowest BCUT2D eigenvalue weighted by molar-refractivity contribution is -0.128. The summed E-state index contributed by atoms with van der Waals surface area (Å²) in [5.41, 5.74) is 2.10. The first-order valence-corrected chi connectivity index (χ1v) is 16.2. The first-order chi connectivity index (χ1) is 22.3. The van der Waals surface area contributed by atoms with Crippen molar-refractivity contribution in [3.05, 3.63) is 100 Å². The molecule has 1 heterocycles. The molecule has 47 heavy (non-hydrogen) atoms. The van der Waals surface area contributed by atoms with Crippen LogP contribution in [-0.2, 0) is 16.1 Å². The maximum absolute atomic E-state index is 14.5. The number of methoxy groups -OCH3 is 1. The van der Waals surface area contributed by atoms with Crippen molar-refractivity contribution in [2.24, 2.45) is 5.41 Å². The van der Waals surface area contributed by atoms with Gasteiger partial charge in [0.05, 0.1) is 37.6 Å². The Morgan fingerprint density at radius 3 is 2.26 bits per heavy atom. The second kappa shape index (κ2) is 13.7.